The van der Waals surface area contributed by atoms with E-state index in [0.717, 1.165) is 16.2 Å². The van der Waals surface area contributed by atoms with Crippen molar-refractivity contribution in [2.75, 3.05) is 25.0 Å². The van der Waals surface area contributed by atoms with Crippen LogP contribution in [0, 0.1) is 5.92 Å². The van der Waals surface area contributed by atoms with Crippen LogP contribution in [0.25, 0.3) is 0 Å². The van der Waals surface area contributed by atoms with Crippen LogP contribution in [0.2, 0.25) is 0 Å². The predicted molar refractivity (Wildman–Crippen MR) is 68.5 cm³/mol. The maximum absolute atomic E-state index is 4.38. The largest absolute Gasteiger partial charge is 0.365 e. The van der Waals surface area contributed by atoms with Crippen molar-refractivity contribution in [2.24, 2.45) is 5.92 Å². The molecule has 3 aliphatic rings. The van der Waals surface area contributed by atoms with Gasteiger partial charge >= 0.3 is 0 Å². The third-order valence-corrected chi connectivity index (χ3v) is 4.38. The number of piperidine rings is 3. The summed E-state index contributed by atoms with van der Waals surface area (Å²) in [5.74, 6) is 1.82. The van der Waals surface area contributed by atoms with E-state index >= 15 is 0 Å². The molecule has 0 radical (unpaired) electrons. The number of hydrogen-bond acceptors (Lipinski definition) is 3. The highest BCUT2D eigenvalue weighted by molar-refractivity contribution is 9.10. The second kappa shape index (κ2) is 4.34. The second-order valence-electron chi connectivity index (χ2n) is 4.72. The van der Waals surface area contributed by atoms with Gasteiger partial charge in [-0.05, 0) is 59.9 Å². The zero-order valence-electron chi connectivity index (χ0n) is 9.19. The fourth-order valence-corrected chi connectivity index (χ4v) is 3.17. The first-order valence-electron chi connectivity index (χ1n) is 5.92. The number of aromatic nitrogens is 1. The molecule has 2 bridgehead atoms. The van der Waals surface area contributed by atoms with Crippen molar-refractivity contribution in [1.29, 1.82) is 0 Å². The lowest BCUT2D eigenvalue weighted by atomic mass is 9.84. The van der Waals surface area contributed by atoms with Crippen LogP contribution in [0.3, 0.4) is 0 Å². The molecule has 3 nitrogen and oxygen atoms in total. The van der Waals surface area contributed by atoms with Gasteiger partial charge in [0, 0.05) is 18.8 Å². The van der Waals surface area contributed by atoms with E-state index in [9.17, 15) is 0 Å². The molecule has 0 saturated carbocycles. The predicted octanol–water partition coefficient (Wildman–Crippen LogP) is 2.35. The van der Waals surface area contributed by atoms with Crippen LogP contribution in [0.1, 0.15) is 12.8 Å². The van der Waals surface area contributed by atoms with Gasteiger partial charge in [-0.1, -0.05) is 0 Å². The zero-order chi connectivity index (χ0) is 11.0. The summed E-state index contributed by atoms with van der Waals surface area (Å²) in [6.07, 6.45) is 4.51. The first-order valence-corrected chi connectivity index (χ1v) is 6.71. The number of nitrogens with zero attached hydrogens (tertiary/aromatic N) is 2. The Morgan fingerprint density at radius 1 is 1.38 bits per heavy atom. The quantitative estimate of drug-likeness (QED) is 0.902. The van der Waals surface area contributed by atoms with Gasteiger partial charge in [0.1, 0.15) is 5.82 Å². The Kier molecular flexibility index (Phi) is 2.86. The lowest BCUT2D eigenvalue weighted by Gasteiger charge is -2.45. The molecule has 3 aliphatic heterocycles. The van der Waals surface area contributed by atoms with Crippen molar-refractivity contribution in [1.82, 2.24) is 9.88 Å². The second-order valence-corrected chi connectivity index (χ2v) is 5.58. The molecule has 0 amide bonds. The van der Waals surface area contributed by atoms with E-state index in [-0.39, 0.29) is 0 Å². The Hall–Kier alpha value is -0.610. The van der Waals surface area contributed by atoms with E-state index < -0.39 is 0 Å². The average Bonchev–Trinajstić information content (AvgIpc) is 2.34. The Bertz CT molecular complexity index is 374. The van der Waals surface area contributed by atoms with Gasteiger partial charge in [-0.3, -0.25) is 0 Å². The molecule has 16 heavy (non-hydrogen) atoms. The summed E-state index contributed by atoms with van der Waals surface area (Å²) in [5.41, 5.74) is 0. The number of hydrogen-bond donors (Lipinski definition) is 1. The molecule has 0 spiro atoms. The Labute approximate surface area is 104 Å². The van der Waals surface area contributed by atoms with E-state index in [0.29, 0.717) is 6.04 Å². The van der Waals surface area contributed by atoms with Crippen LogP contribution in [-0.2, 0) is 0 Å². The van der Waals surface area contributed by atoms with Crippen LogP contribution in [0.15, 0.2) is 22.8 Å². The van der Waals surface area contributed by atoms with Gasteiger partial charge in [-0.2, -0.15) is 0 Å². The minimum atomic E-state index is 0.578. The summed E-state index contributed by atoms with van der Waals surface area (Å²) in [4.78, 5) is 6.93. The van der Waals surface area contributed by atoms with Gasteiger partial charge in [-0.25, -0.2) is 4.98 Å². The van der Waals surface area contributed by atoms with Crippen molar-refractivity contribution >= 4 is 21.7 Å². The summed E-state index contributed by atoms with van der Waals surface area (Å²) in [6.45, 7) is 3.74. The molecule has 0 aromatic carbocycles. The van der Waals surface area contributed by atoms with E-state index in [1.54, 1.807) is 0 Å². The molecule has 1 aromatic heterocycles. The van der Waals surface area contributed by atoms with Gasteiger partial charge in [0.05, 0.1) is 4.47 Å². The number of nitrogens with one attached hydrogen (secondary N) is 1. The highest BCUT2D eigenvalue weighted by Crippen LogP contribution is 2.30. The average molecular weight is 282 g/mol. The highest BCUT2D eigenvalue weighted by Gasteiger charge is 2.34. The smallest absolute Gasteiger partial charge is 0.140 e. The van der Waals surface area contributed by atoms with Crippen LogP contribution in [-0.4, -0.2) is 35.6 Å². The summed E-state index contributed by atoms with van der Waals surface area (Å²) >= 11 is 3.54. The van der Waals surface area contributed by atoms with Gasteiger partial charge in [0.2, 0.25) is 0 Å². The lowest BCUT2D eigenvalue weighted by Crippen LogP contribution is -2.53. The maximum atomic E-state index is 4.38. The Morgan fingerprint density at radius 2 is 2.19 bits per heavy atom. The zero-order valence-corrected chi connectivity index (χ0v) is 10.8. The molecule has 86 valence electrons. The molecule has 3 saturated heterocycles. The van der Waals surface area contributed by atoms with Crippen molar-refractivity contribution in [2.45, 2.75) is 18.9 Å². The van der Waals surface area contributed by atoms with Crippen LogP contribution < -0.4 is 5.32 Å². The molecular weight excluding hydrogens is 266 g/mol. The number of pyridine rings is 1. The van der Waals surface area contributed by atoms with Crippen molar-refractivity contribution < 1.29 is 0 Å². The van der Waals surface area contributed by atoms with Gasteiger partial charge < -0.3 is 10.2 Å². The SMILES string of the molecule is Brc1cccnc1NC1CN2CCC1CC2. The first kappa shape index (κ1) is 10.5. The molecule has 3 fully saturated rings. The van der Waals surface area contributed by atoms with Gasteiger partial charge in [-0.15, -0.1) is 0 Å². The first-order chi connectivity index (χ1) is 7.83. The van der Waals surface area contributed by atoms with Crippen molar-refractivity contribution in [3.63, 3.8) is 0 Å². The van der Waals surface area contributed by atoms with Crippen LogP contribution >= 0.6 is 15.9 Å². The summed E-state index contributed by atoms with van der Waals surface area (Å²) < 4.78 is 1.06. The molecule has 4 heteroatoms. The minimum Gasteiger partial charge on any atom is -0.365 e. The molecular formula is C12H16BrN3. The Balaban J connectivity index is 1.73. The number of rotatable bonds is 2. The van der Waals surface area contributed by atoms with Crippen molar-refractivity contribution in [3.05, 3.63) is 22.8 Å². The molecule has 1 atom stereocenters. The highest BCUT2D eigenvalue weighted by atomic mass is 79.9. The topological polar surface area (TPSA) is 28.2 Å². The molecule has 1 N–H and O–H groups in total. The lowest BCUT2D eigenvalue weighted by molar-refractivity contribution is 0.0973. The number of halogens is 1. The summed E-state index contributed by atoms with van der Waals surface area (Å²) in [5, 5.41) is 3.58. The number of anilines is 1. The van der Waals surface area contributed by atoms with Gasteiger partial charge in [0.25, 0.3) is 0 Å². The maximum Gasteiger partial charge on any atom is 0.140 e. The third-order valence-electron chi connectivity index (χ3n) is 3.74. The van der Waals surface area contributed by atoms with Crippen LogP contribution in [0.4, 0.5) is 5.82 Å². The van der Waals surface area contributed by atoms with Gasteiger partial charge in [0.15, 0.2) is 0 Å². The van der Waals surface area contributed by atoms with E-state index in [1.165, 1.54) is 32.5 Å². The van der Waals surface area contributed by atoms with Crippen LogP contribution in [0.5, 0.6) is 0 Å². The normalized spacial score (nSPS) is 32.7. The van der Waals surface area contributed by atoms with E-state index in [4.69, 9.17) is 0 Å². The summed E-state index contributed by atoms with van der Waals surface area (Å²) in [6, 6.07) is 4.57. The van der Waals surface area contributed by atoms with E-state index in [2.05, 4.69) is 31.1 Å². The fourth-order valence-electron chi connectivity index (χ4n) is 2.80. The molecule has 1 unspecified atom stereocenters. The fraction of sp³-hybridized carbons (Fsp3) is 0.583. The third kappa shape index (κ3) is 1.96. The molecule has 4 heterocycles. The molecule has 0 aliphatic carbocycles. The number of fused-ring (bicyclic) bond motifs is 3. The monoisotopic (exact) mass is 281 g/mol. The molecule has 4 rings (SSSR count). The molecule has 1 aromatic rings. The van der Waals surface area contributed by atoms with E-state index in [1.807, 2.05) is 18.3 Å². The minimum absolute atomic E-state index is 0.578. The standard InChI is InChI=1S/C12H16BrN3/c13-10-2-1-5-14-12(10)15-11-8-16-6-3-9(11)4-7-16/h1-2,5,9,11H,3-4,6-8H2,(H,14,15). The van der Waals surface area contributed by atoms with Crippen molar-refractivity contribution in [3.8, 4) is 0 Å². The summed E-state index contributed by atoms with van der Waals surface area (Å²) in [7, 11) is 0. The Morgan fingerprint density at radius 3 is 2.81 bits per heavy atom.